The van der Waals surface area contributed by atoms with Crippen molar-refractivity contribution < 1.29 is 28.5 Å². The zero-order valence-corrected chi connectivity index (χ0v) is 16.2. The molecule has 0 aliphatic rings. The van der Waals surface area contributed by atoms with Crippen molar-refractivity contribution in [3.8, 4) is 28.7 Å². The lowest BCUT2D eigenvalue weighted by molar-refractivity contribution is -0.127. The maximum absolute atomic E-state index is 12.4. The summed E-state index contributed by atoms with van der Waals surface area (Å²) in [6.07, 6.45) is -0.691. The van der Waals surface area contributed by atoms with E-state index in [-0.39, 0.29) is 12.5 Å². The molecule has 2 aromatic rings. The van der Waals surface area contributed by atoms with Crippen LogP contribution in [0.4, 0.5) is 0 Å². The largest absolute Gasteiger partial charge is 0.493 e. The highest BCUT2D eigenvalue weighted by molar-refractivity contribution is 5.80. The second kappa shape index (κ2) is 9.56. The van der Waals surface area contributed by atoms with Crippen molar-refractivity contribution in [2.24, 2.45) is 0 Å². The highest BCUT2D eigenvalue weighted by atomic mass is 16.5. The van der Waals surface area contributed by atoms with Gasteiger partial charge in [0.05, 0.1) is 28.4 Å². The number of benzene rings is 2. The van der Waals surface area contributed by atoms with E-state index in [4.69, 9.17) is 23.7 Å². The van der Waals surface area contributed by atoms with E-state index >= 15 is 0 Å². The first-order valence-electron chi connectivity index (χ1n) is 8.40. The minimum absolute atomic E-state index is 0.255. The number of carbonyl (C=O) groups excluding carboxylic acids is 1. The SMILES string of the molecule is COc1ccccc1O[C@@H](C)C(=O)NCc1cc(OC)c(OC)c(OC)c1. The number of carbonyl (C=O) groups is 1. The molecule has 1 atom stereocenters. The van der Waals surface area contributed by atoms with E-state index in [0.29, 0.717) is 28.7 Å². The Kier molecular flexibility index (Phi) is 7.16. The van der Waals surface area contributed by atoms with Crippen molar-refractivity contribution in [1.29, 1.82) is 0 Å². The van der Waals surface area contributed by atoms with Gasteiger partial charge in [0.15, 0.2) is 29.1 Å². The average Bonchev–Trinajstić information content (AvgIpc) is 2.71. The van der Waals surface area contributed by atoms with Crippen molar-refractivity contribution in [1.82, 2.24) is 5.32 Å². The van der Waals surface area contributed by atoms with Gasteiger partial charge < -0.3 is 29.0 Å². The first-order chi connectivity index (χ1) is 13.0. The molecule has 1 amide bonds. The number of hydrogen-bond acceptors (Lipinski definition) is 6. The van der Waals surface area contributed by atoms with Crippen LogP contribution in [0.1, 0.15) is 12.5 Å². The summed E-state index contributed by atoms with van der Waals surface area (Å²) >= 11 is 0. The summed E-state index contributed by atoms with van der Waals surface area (Å²) in [5.74, 6) is 2.38. The smallest absolute Gasteiger partial charge is 0.261 e. The molecule has 0 aromatic heterocycles. The Hall–Kier alpha value is -3.09. The number of nitrogens with one attached hydrogen (secondary N) is 1. The zero-order chi connectivity index (χ0) is 19.8. The van der Waals surface area contributed by atoms with Crippen LogP contribution in [0.3, 0.4) is 0 Å². The van der Waals surface area contributed by atoms with E-state index in [1.54, 1.807) is 59.6 Å². The van der Waals surface area contributed by atoms with Crippen molar-refractivity contribution in [2.45, 2.75) is 19.6 Å². The molecule has 0 heterocycles. The molecule has 2 rings (SSSR count). The lowest BCUT2D eigenvalue weighted by atomic mass is 10.1. The Labute approximate surface area is 159 Å². The van der Waals surface area contributed by atoms with Gasteiger partial charge in [0.1, 0.15) is 0 Å². The minimum atomic E-state index is -0.691. The summed E-state index contributed by atoms with van der Waals surface area (Å²) in [4.78, 5) is 12.4. The van der Waals surface area contributed by atoms with Crippen LogP contribution >= 0.6 is 0 Å². The molecule has 7 nitrogen and oxygen atoms in total. The van der Waals surface area contributed by atoms with Crippen LogP contribution in [0.25, 0.3) is 0 Å². The van der Waals surface area contributed by atoms with Crippen LogP contribution < -0.4 is 29.0 Å². The maximum atomic E-state index is 12.4. The quantitative estimate of drug-likeness (QED) is 0.726. The topological polar surface area (TPSA) is 75.3 Å². The fraction of sp³-hybridized carbons (Fsp3) is 0.350. The van der Waals surface area contributed by atoms with Crippen molar-refractivity contribution in [2.75, 3.05) is 28.4 Å². The molecule has 27 heavy (non-hydrogen) atoms. The molecule has 2 aromatic carbocycles. The van der Waals surface area contributed by atoms with Crippen molar-refractivity contribution >= 4 is 5.91 Å². The van der Waals surface area contributed by atoms with E-state index < -0.39 is 6.10 Å². The molecule has 0 saturated carbocycles. The van der Waals surface area contributed by atoms with Gasteiger partial charge in [0.2, 0.25) is 5.75 Å². The summed E-state index contributed by atoms with van der Waals surface area (Å²) in [6, 6.07) is 10.7. The Morgan fingerprint density at radius 1 is 0.889 bits per heavy atom. The molecule has 7 heteroatoms. The third kappa shape index (κ3) is 4.97. The van der Waals surface area contributed by atoms with E-state index in [2.05, 4.69) is 5.32 Å². The van der Waals surface area contributed by atoms with Gasteiger partial charge in [-0.05, 0) is 36.8 Å². The Balaban J connectivity index is 2.04. The average molecular weight is 375 g/mol. The first kappa shape index (κ1) is 20.2. The predicted molar refractivity (Wildman–Crippen MR) is 101 cm³/mol. The Morgan fingerprint density at radius 2 is 1.44 bits per heavy atom. The lowest BCUT2D eigenvalue weighted by Crippen LogP contribution is -2.36. The minimum Gasteiger partial charge on any atom is -0.493 e. The standard InChI is InChI=1S/C20H25NO6/c1-13(27-16-9-7-6-8-15(16)23-2)20(22)21-12-14-10-17(24-3)19(26-5)18(11-14)25-4/h6-11,13H,12H2,1-5H3,(H,21,22)/t13-/m0/s1. The number of amides is 1. The van der Waals surface area contributed by atoms with Crippen molar-refractivity contribution in [3.05, 3.63) is 42.0 Å². The van der Waals surface area contributed by atoms with Crippen LogP contribution in [0.2, 0.25) is 0 Å². The fourth-order valence-corrected chi connectivity index (χ4v) is 2.53. The molecule has 0 bridgehead atoms. The predicted octanol–water partition coefficient (Wildman–Crippen LogP) is 2.80. The summed E-state index contributed by atoms with van der Waals surface area (Å²) in [5.41, 5.74) is 0.808. The molecular formula is C20H25NO6. The molecule has 0 unspecified atom stereocenters. The highest BCUT2D eigenvalue weighted by Crippen LogP contribution is 2.38. The van der Waals surface area contributed by atoms with E-state index in [9.17, 15) is 4.79 Å². The van der Waals surface area contributed by atoms with E-state index in [0.717, 1.165) is 5.56 Å². The van der Waals surface area contributed by atoms with Gasteiger partial charge in [-0.1, -0.05) is 12.1 Å². The van der Waals surface area contributed by atoms with Crippen LogP contribution in [0.15, 0.2) is 36.4 Å². The maximum Gasteiger partial charge on any atom is 0.261 e. The van der Waals surface area contributed by atoms with Gasteiger partial charge in [-0.15, -0.1) is 0 Å². The molecule has 0 aliphatic carbocycles. The zero-order valence-electron chi connectivity index (χ0n) is 16.2. The van der Waals surface area contributed by atoms with Crippen LogP contribution in [-0.4, -0.2) is 40.5 Å². The number of ether oxygens (including phenoxy) is 5. The lowest BCUT2D eigenvalue weighted by Gasteiger charge is -2.17. The number of hydrogen-bond donors (Lipinski definition) is 1. The fourth-order valence-electron chi connectivity index (χ4n) is 2.53. The van der Waals surface area contributed by atoms with Crippen LogP contribution in [0, 0.1) is 0 Å². The van der Waals surface area contributed by atoms with Crippen molar-refractivity contribution in [3.63, 3.8) is 0 Å². The van der Waals surface area contributed by atoms with E-state index in [1.165, 1.54) is 0 Å². The van der Waals surface area contributed by atoms with E-state index in [1.807, 2.05) is 12.1 Å². The molecule has 0 saturated heterocycles. The van der Waals surface area contributed by atoms with Gasteiger partial charge in [0, 0.05) is 6.54 Å². The molecular weight excluding hydrogens is 350 g/mol. The first-order valence-corrected chi connectivity index (χ1v) is 8.40. The number of rotatable bonds is 9. The molecule has 0 fully saturated rings. The summed E-state index contributed by atoms with van der Waals surface area (Å²) < 4.78 is 26.9. The van der Waals surface area contributed by atoms with Crippen LogP contribution in [-0.2, 0) is 11.3 Å². The number of para-hydroxylation sites is 2. The van der Waals surface area contributed by atoms with Gasteiger partial charge in [-0.3, -0.25) is 4.79 Å². The molecule has 1 N–H and O–H groups in total. The highest BCUT2D eigenvalue weighted by Gasteiger charge is 2.18. The third-order valence-corrected chi connectivity index (χ3v) is 3.93. The summed E-state index contributed by atoms with van der Waals surface area (Å²) in [7, 11) is 6.18. The number of methoxy groups -OCH3 is 4. The molecule has 146 valence electrons. The normalized spacial score (nSPS) is 11.3. The Morgan fingerprint density at radius 3 is 1.96 bits per heavy atom. The summed E-state index contributed by atoms with van der Waals surface area (Å²) in [6.45, 7) is 1.96. The van der Waals surface area contributed by atoms with Gasteiger partial charge >= 0.3 is 0 Å². The molecule has 0 aliphatic heterocycles. The Bertz CT molecular complexity index is 752. The monoisotopic (exact) mass is 375 g/mol. The summed E-state index contributed by atoms with van der Waals surface area (Å²) in [5, 5.41) is 2.84. The third-order valence-electron chi connectivity index (χ3n) is 3.93. The van der Waals surface area contributed by atoms with Gasteiger partial charge in [0.25, 0.3) is 5.91 Å². The van der Waals surface area contributed by atoms with Gasteiger partial charge in [-0.25, -0.2) is 0 Å². The van der Waals surface area contributed by atoms with Crippen LogP contribution in [0.5, 0.6) is 28.7 Å². The van der Waals surface area contributed by atoms with Gasteiger partial charge in [-0.2, -0.15) is 0 Å². The molecule has 0 radical (unpaired) electrons. The second-order valence-corrected chi connectivity index (χ2v) is 5.66. The molecule has 0 spiro atoms. The second-order valence-electron chi connectivity index (χ2n) is 5.66.